The molecule has 0 saturated heterocycles. The number of aliphatic imine (C=N–C) groups is 1. The molecule has 8 heteroatoms. The molecule has 0 spiro atoms. The first kappa shape index (κ1) is 14.5. The Kier molecular flexibility index (Phi) is 4.75. The lowest BCUT2D eigenvalue weighted by atomic mass is 10.2. The quantitative estimate of drug-likeness (QED) is 0.818. The number of halogens is 1. The van der Waals surface area contributed by atoms with Gasteiger partial charge in [-0.05, 0) is 17.7 Å². The van der Waals surface area contributed by atoms with Crippen molar-refractivity contribution in [2.75, 3.05) is 0 Å². The molecule has 1 N–H and O–H groups in total. The number of amides is 1. The van der Waals surface area contributed by atoms with Crippen LogP contribution >= 0.6 is 23.4 Å². The van der Waals surface area contributed by atoms with Crippen molar-refractivity contribution in [3.8, 4) is 0 Å². The zero-order valence-electron chi connectivity index (χ0n) is 10.1. The van der Waals surface area contributed by atoms with Crippen LogP contribution in [0.4, 0.5) is 0 Å². The molecule has 0 aromatic heterocycles. The van der Waals surface area contributed by atoms with Crippen LogP contribution in [-0.2, 0) is 9.59 Å². The van der Waals surface area contributed by atoms with Crippen molar-refractivity contribution >= 4 is 46.6 Å². The summed E-state index contributed by atoms with van der Waals surface area (Å²) in [6.45, 7) is 0. The standard InChI is InChI=1S/C12H10ClN3O3S/c13-8-3-1-7(2-4-8)6-14-12-16-15-11(19)9(20-12)5-10(17)18/h1-4,6,9H,5H2,(H,15,19)(H,17,18)/p-1/t9-/m1/s1. The summed E-state index contributed by atoms with van der Waals surface area (Å²) in [5, 5.41) is 14.4. The van der Waals surface area contributed by atoms with E-state index in [2.05, 4.69) is 15.5 Å². The molecule has 1 aliphatic heterocycles. The number of hydrazone groups is 1. The fraction of sp³-hybridized carbons (Fsp3) is 0.167. The molecule has 2 rings (SSSR count). The fourth-order valence-electron chi connectivity index (χ4n) is 1.41. The van der Waals surface area contributed by atoms with Crippen molar-refractivity contribution in [2.24, 2.45) is 10.1 Å². The summed E-state index contributed by atoms with van der Waals surface area (Å²) in [6.07, 6.45) is 1.17. The third-order valence-electron chi connectivity index (χ3n) is 2.35. The second kappa shape index (κ2) is 6.53. The molecular weight excluding hydrogens is 302 g/mol. The molecule has 0 aliphatic carbocycles. The Hall–Kier alpha value is -1.86. The van der Waals surface area contributed by atoms with Crippen molar-refractivity contribution in [1.82, 2.24) is 5.43 Å². The van der Waals surface area contributed by atoms with Crippen molar-refractivity contribution in [3.05, 3.63) is 34.9 Å². The van der Waals surface area contributed by atoms with Crippen molar-refractivity contribution in [3.63, 3.8) is 0 Å². The number of carbonyl (C=O) groups is 2. The topological polar surface area (TPSA) is 93.9 Å². The van der Waals surface area contributed by atoms with E-state index in [0.717, 1.165) is 17.3 Å². The van der Waals surface area contributed by atoms with Gasteiger partial charge in [0.25, 0.3) is 5.91 Å². The molecule has 20 heavy (non-hydrogen) atoms. The number of nitrogens with one attached hydrogen (secondary N) is 1. The summed E-state index contributed by atoms with van der Waals surface area (Å²) >= 11 is 6.75. The van der Waals surface area contributed by atoms with Crippen LogP contribution in [0.25, 0.3) is 0 Å². The number of nitrogens with zero attached hydrogens (tertiary/aromatic N) is 2. The number of rotatable bonds is 3. The number of benzene rings is 1. The summed E-state index contributed by atoms with van der Waals surface area (Å²) < 4.78 is 0. The van der Waals surface area contributed by atoms with E-state index in [9.17, 15) is 14.7 Å². The van der Waals surface area contributed by atoms with Crippen LogP contribution < -0.4 is 10.5 Å². The van der Waals surface area contributed by atoms with Gasteiger partial charge in [-0.15, -0.1) is 5.10 Å². The molecule has 1 aliphatic rings. The van der Waals surface area contributed by atoms with Crippen molar-refractivity contribution in [2.45, 2.75) is 11.7 Å². The first-order chi connectivity index (χ1) is 9.54. The summed E-state index contributed by atoms with van der Waals surface area (Å²) in [4.78, 5) is 26.0. The predicted octanol–water partition coefficient (Wildman–Crippen LogP) is 0.401. The Morgan fingerprint density at radius 2 is 2.20 bits per heavy atom. The minimum Gasteiger partial charge on any atom is -0.550 e. The van der Waals surface area contributed by atoms with Crippen LogP contribution in [0.15, 0.2) is 34.4 Å². The Balaban J connectivity index is 2.04. The van der Waals surface area contributed by atoms with Crippen LogP contribution in [0, 0.1) is 0 Å². The maximum Gasteiger partial charge on any atom is 0.254 e. The van der Waals surface area contributed by atoms with Gasteiger partial charge in [0.1, 0.15) is 0 Å². The first-order valence-corrected chi connectivity index (χ1v) is 6.84. The minimum atomic E-state index is -1.29. The molecule has 0 unspecified atom stereocenters. The molecule has 1 amide bonds. The number of carboxylic acids is 1. The molecule has 1 aromatic carbocycles. The Morgan fingerprint density at radius 3 is 2.85 bits per heavy atom. The Labute approximate surface area is 123 Å². The molecule has 104 valence electrons. The predicted molar refractivity (Wildman–Crippen MR) is 75.6 cm³/mol. The maximum atomic E-state index is 11.4. The number of thioether (sulfide) groups is 1. The summed E-state index contributed by atoms with van der Waals surface area (Å²) in [5.41, 5.74) is 3.05. The van der Waals surface area contributed by atoms with Gasteiger partial charge < -0.3 is 9.90 Å². The zero-order chi connectivity index (χ0) is 14.5. The molecule has 1 aromatic rings. The Bertz CT molecular complexity index is 586. The van der Waals surface area contributed by atoms with Gasteiger partial charge in [0.15, 0.2) is 0 Å². The van der Waals surface area contributed by atoms with Crippen LogP contribution in [0.3, 0.4) is 0 Å². The molecular formula is C12H9ClN3O3S-. The number of aliphatic carboxylic acids is 1. The molecule has 1 heterocycles. The van der Waals surface area contributed by atoms with Gasteiger partial charge in [0, 0.05) is 23.6 Å². The lowest BCUT2D eigenvalue weighted by Gasteiger charge is -2.18. The van der Waals surface area contributed by atoms with E-state index < -0.39 is 17.1 Å². The highest BCUT2D eigenvalue weighted by Crippen LogP contribution is 2.20. The number of hydrogen-bond donors (Lipinski definition) is 1. The molecule has 0 fully saturated rings. The van der Waals surface area contributed by atoms with E-state index in [-0.39, 0.29) is 11.6 Å². The van der Waals surface area contributed by atoms with Gasteiger partial charge in [-0.2, -0.15) is 0 Å². The second-order valence-corrected chi connectivity index (χ2v) is 5.47. The zero-order valence-corrected chi connectivity index (χ0v) is 11.6. The first-order valence-electron chi connectivity index (χ1n) is 5.58. The molecule has 1 atom stereocenters. The SMILES string of the molecule is O=C([O-])C[C@H]1SC(N=Cc2ccc(Cl)cc2)=NNC1=O. The third kappa shape index (κ3) is 4.07. The number of carboxylic acid groups (broad SMARTS) is 1. The molecule has 6 nitrogen and oxygen atoms in total. The van der Waals surface area contributed by atoms with Crippen molar-refractivity contribution in [1.29, 1.82) is 0 Å². The molecule has 0 saturated carbocycles. The average Bonchev–Trinajstić information content (AvgIpc) is 2.41. The monoisotopic (exact) mass is 310 g/mol. The summed E-state index contributed by atoms with van der Waals surface area (Å²) in [5.74, 6) is -1.76. The normalized spacial score (nSPS) is 18.8. The van der Waals surface area contributed by atoms with Gasteiger partial charge in [-0.3, -0.25) is 4.79 Å². The lowest BCUT2D eigenvalue weighted by Crippen LogP contribution is -2.38. The largest absolute Gasteiger partial charge is 0.550 e. The minimum absolute atomic E-state index is 0.283. The second-order valence-electron chi connectivity index (χ2n) is 3.86. The van der Waals surface area contributed by atoms with Crippen molar-refractivity contribution < 1.29 is 14.7 Å². The lowest BCUT2D eigenvalue weighted by molar-refractivity contribution is -0.305. The smallest absolute Gasteiger partial charge is 0.254 e. The number of hydrogen-bond acceptors (Lipinski definition) is 6. The van der Waals surface area contributed by atoms with Crippen LogP contribution in [-0.4, -0.2) is 28.5 Å². The highest BCUT2D eigenvalue weighted by atomic mass is 35.5. The highest BCUT2D eigenvalue weighted by molar-refractivity contribution is 8.15. The summed E-state index contributed by atoms with van der Waals surface area (Å²) in [6, 6.07) is 6.99. The van der Waals surface area contributed by atoms with E-state index in [1.165, 1.54) is 0 Å². The van der Waals surface area contributed by atoms with E-state index in [4.69, 9.17) is 11.6 Å². The van der Waals surface area contributed by atoms with Gasteiger partial charge in [-0.1, -0.05) is 35.5 Å². The van der Waals surface area contributed by atoms with E-state index >= 15 is 0 Å². The molecule has 0 radical (unpaired) electrons. The van der Waals surface area contributed by atoms with Gasteiger partial charge in [0.05, 0.1) is 5.25 Å². The fourth-order valence-corrected chi connectivity index (χ4v) is 2.38. The average molecular weight is 311 g/mol. The summed E-state index contributed by atoms with van der Waals surface area (Å²) in [7, 11) is 0. The third-order valence-corrected chi connectivity index (χ3v) is 3.67. The van der Waals surface area contributed by atoms with Crippen LogP contribution in [0.2, 0.25) is 5.02 Å². The van der Waals surface area contributed by atoms with E-state index in [1.54, 1.807) is 30.5 Å². The highest BCUT2D eigenvalue weighted by Gasteiger charge is 2.25. The maximum absolute atomic E-state index is 11.4. The Morgan fingerprint density at radius 1 is 1.50 bits per heavy atom. The van der Waals surface area contributed by atoms with Gasteiger partial charge in [-0.25, -0.2) is 10.4 Å². The van der Waals surface area contributed by atoms with Gasteiger partial charge >= 0.3 is 0 Å². The van der Waals surface area contributed by atoms with E-state index in [0.29, 0.717) is 5.02 Å². The van der Waals surface area contributed by atoms with Crippen LogP contribution in [0.5, 0.6) is 0 Å². The number of carbonyl (C=O) groups excluding carboxylic acids is 2. The molecule has 0 bridgehead atoms. The van der Waals surface area contributed by atoms with Gasteiger partial charge in [0.2, 0.25) is 5.17 Å². The van der Waals surface area contributed by atoms with Crippen LogP contribution in [0.1, 0.15) is 12.0 Å². The number of amidine groups is 1. The van der Waals surface area contributed by atoms with E-state index in [1.807, 2.05) is 0 Å².